The molecule has 11 aliphatic rings. The van der Waals surface area contributed by atoms with Gasteiger partial charge in [0.25, 0.3) is 0 Å². The Morgan fingerprint density at radius 2 is 0.454 bits per heavy atom. The van der Waals surface area contributed by atoms with E-state index in [0.717, 1.165) is 128 Å². The van der Waals surface area contributed by atoms with E-state index in [-0.39, 0.29) is 74.0 Å². The number of hydrogen-bond acceptors (Lipinski definition) is 14. The van der Waals surface area contributed by atoms with E-state index in [1.807, 2.05) is 121 Å². The van der Waals surface area contributed by atoms with Crippen molar-refractivity contribution in [1.29, 1.82) is 0 Å². The second-order valence-electron chi connectivity index (χ2n) is 28.3. The number of anilines is 4. The fraction of sp³-hybridized carbons (Fsp3) is 0.333. The third-order valence-corrected chi connectivity index (χ3v) is 78.9. The number of hydrogen-bond donors (Lipinski definition) is 4. The number of amides is 4. The number of nitrogens with zero attached hydrogens (tertiary/aromatic N) is 4. The van der Waals surface area contributed by atoms with E-state index in [1.165, 1.54) is 14.3 Å². The molecule has 8 aromatic carbocycles. The molecule has 8 aromatic rings. The van der Waals surface area contributed by atoms with Crippen molar-refractivity contribution in [2.45, 2.75) is 153 Å². The normalized spacial score (nSPS) is 19.7. The van der Waals surface area contributed by atoms with E-state index in [2.05, 4.69) is 138 Å². The molecule has 0 spiro atoms. The van der Waals surface area contributed by atoms with Crippen LogP contribution in [0.2, 0.25) is 0 Å². The van der Waals surface area contributed by atoms with Gasteiger partial charge in [0.05, 0.1) is 0 Å². The van der Waals surface area contributed by atoms with Crippen molar-refractivity contribution >= 4 is 194 Å². The van der Waals surface area contributed by atoms with Gasteiger partial charge in [-0.25, -0.2) is 0 Å². The molecule has 0 unspecified atom stereocenters. The van der Waals surface area contributed by atoms with Gasteiger partial charge in [0.2, 0.25) is 0 Å². The molecule has 0 atom stereocenters. The van der Waals surface area contributed by atoms with Gasteiger partial charge in [0.1, 0.15) is 0 Å². The van der Waals surface area contributed by atoms with Gasteiger partial charge in [-0.3, -0.25) is 0 Å². The zero-order chi connectivity index (χ0) is 74.7. The molecule has 19 rings (SSSR count). The van der Waals surface area contributed by atoms with E-state index in [1.54, 1.807) is 35.8 Å². The molecule has 108 heavy (non-hydrogen) atoms. The molecule has 7 aliphatic heterocycles. The van der Waals surface area contributed by atoms with Crippen molar-refractivity contribution < 1.29 is 28.7 Å². The minimum atomic E-state index is -4.36. The van der Waals surface area contributed by atoms with Crippen molar-refractivity contribution in [3.05, 3.63) is 218 Å². The Kier molecular flexibility index (Phi) is 29.1. The maximum atomic E-state index is 14.6. The van der Waals surface area contributed by atoms with Crippen LogP contribution in [0.5, 0.6) is 23.0 Å². The first-order valence-corrected chi connectivity index (χ1v) is 62.5. The number of rotatable bonds is 8. The second kappa shape index (κ2) is 39.3. The summed E-state index contributed by atoms with van der Waals surface area (Å²) >= 11 is 18.2. The van der Waals surface area contributed by atoms with Gasteiger partial charge >= 0.3 is 684 Å². The Bertz CT molecular complexity index is 3810. The van der Waals surface area contributed by atoms with E-state index >= 15 is 0 Å². The molecular formula is C84H92N8O6S8Sn2. The van der Waals surface area contributed by atoms with Crippen LogP contribution in [0.15, 0.2) is 218 Å². The van der Waals surface area contributed by atoms with Gasteiger partial charge < -0.3 is 0 Å². The number of carbonyl (C=O) groups is 4. The van der Waals surface area contributed by atoms with Crippen molar-refractivity contribution in [2.75, 3.05) is 47.4 Å². The second-order valence-corrected chi connectivity index (χ2v) is 73.8. The van der Waals surface area contributed by atoms with Gasteiger partial charge in [-0.15, -0.1) is 0 Å². The van der Waals surface area contributed by atoms with Gasteiger partial charge in [0, 0.05) is 0 Å². The third-order valence-electron chi connectivity index (χ3n) is 20.8. The van der Waals surface area contributed by atoms with Crippen molar-refractivity contribution in [3.63, 3.8) is 0 Å². The summed E-state index contributed by atoms with van der Waals surface area (Å²) in [6, 6.07) is 72.4. The van der Waals surface area contributed by atoms with Gasteiger partial charge in [-0.05, 0) is 0 Å². The number of nitrogens with one attached hydrogen (secondary N) is 4. The summed E-state index contributed by atoms with van der Waals surface area (Å²) in [4.78, 5) is 67.3. The molecule has 4 saturated carbocycles. The average Bonchev–Trinajstić information content (AvgIpc) is 0.768. The Morgan fingerprint density at radius 3 is 0.639 bits per heavy atom. The van der Waals surface area contributed by atoms with Crippen molar-refractivity contribution in [3.8, 4) is 23.0 Å². The Hall–Kier alpha value is -6.20. The molecule has 4 amide bonds. The van der Waals surface area contributed by atoms with Crippen LogP contribution >= 0.6 is 84.7 Å². The number of ether oxygens (including phenoxy) is 2. The fourth-order valence-electron chi connectivity index (χ4n) is 15.3. The molecule has 24 heteroatoms. The molecule has 4 N–H and O–H groups in total. The van der Waals surface area contributed by atoms with Crippen LogP contribution in [0.1, 0.15) is 128 Å². The van der Waals surface area contributed by atoms with Crippen LogP contribution in [-0.4, -0.2) is 142 Å². The monoisotopic (exact) mass is 1800 g/mol. The summed E-state index contributed by atoms with van der Waals surface area (Å²) in [6.07, 6.45) is 20.3. The number of thiocarbonyl (C=S) groups is 4. The summed E-state index contributed by atoms with van der Waals surface area (Å²) in [5.74, 6) is 1.61. The average molecular weight is 1800 g/mol. The van der Waals surface area contributed by atoms with E-state index in [0.29, 0.717) is 63.0 Å². The molecule has 0 aromatic heterocycles. The number of benzene rings is 8. The molecule has 8 bridgehead atoms. The first-order valence-electron chi connectivity index (χ1n) is 37.9. The summed E-state index contributed by atoms with van der Waals surface area (Å²) in [7, 11) is 6.99. The summed E-state index contributed by atoms with van der Waals surface area (Å²) in [6.45, 7) is 0.266. The maximum absolute atomic E-state index is 14.6. The zero-order valence-corrected chi connectivity index (χ0v) is 72.8. The van der Waals surface area contributed by atoms with Crippen LogP contribution < -0.4 is 45.1 Å². The Labute approximate surface area is 676 Å². The quantitative estimate of drug-likeness (QED) is 0.0844. The van der Waals surface area contributed by atoms with E-state index < -0.39 is 31.2 Å². The van der Waals surface area contributed by atoms with Crippen LogP contribution in [0.25, 0.3) is 0 Å². The van der Waals surface area contributed by atoms with Crippen LogP contribution in [0, 0.1) is 0 Å². The number of carbonyl (C=O) groups excluding carboxylic acids is 4. The Balaban J connectivity index is 0.806. The van der Waals surface area contributed by atoms with E-state index in [9.17, 15) is 19.2 Å². The van der Waals surface area contributed by atoms with E-state index in [4.69, 9.17) is 58.3 Å². The summed E-state index contributed by atoms with van der Waals surface area (Å²) in [5.41, 5.74) is 2.50. The molecule has 0 radical (unpaired) electrons. The molecular weight excluding hydrogens is 1710 g/mol. The first kappa shape index (κ1) is 79.9. The summed E-state index contributed by atoms with van der Waals surface area (Å²) < 4.78 is 20.2. The zero-order valence-electron chi connectivity index (χ0n) is 60.6. The SMILES string of the molecule is O=C1CN(C2CCCCC2)C(=S)[S][Sn]([c]2ccccc2)([c]2ccccc2)[S]C(=S)N(C2CCCCC2)CC(=O)Nc2ccc(cc2)Oc2ccc(cc2)NC(=O)CN(C2CCCCC2)C(=S)[S][Sn]([c]2ccccc2)([c]2ccccc2)[S]C(=S)N(C2CCCCC2)CC(=O)Nc2ccc(cc2)Oc2ccc(cc2)N1. The van der Waals surface area contributed by atoms with Gasteiger partial charge in [-0.2, -0.15) is 0 Å². The van der Waals surface area contributed by atoms with Crippen LogP contribution in [0.3, 0.4) is 0 Å². The van der Waals surface area contributed by atoms with Gasteiger partial charge in [0.15, 0.2) is 0 Å². The van der Waals surface area contributed by atoms with Gasteiger partial charge in [-0.1, -0.05) is 0 Å². The van der Waals surface area contributed by atoms with Crippen molar-refractivity contribution in [1.82, 2.24) is 19.6 Å². The minimum absolute atomic E-state index is 0.0647. The topological polar surface area (TPSA) is 148 Å². The predicted molar refractivity (Wildman–Crippen MR) is 471 cm³/mol. The molecule has 14 nitrogen and oxygen atoms in total. The molecule has 560 valence electrons. The molecule has 4 aliphatic carbocycles. The van der Waals surface area contributed by atoms with Crippen molar-refractivity contribution in [2.24, 2.45) is 0 Å². The molecule has 0 saturated heterocycles. The molecule has 4 fully saturated rings. The molecule has 7 heterocycles. The van der Waals surface area contributed by atoms with Crippen LogP contribution in [-0.2, 0) is 19.2 Å². The fourth-order valence-corrected chi connectivity index (χ4v) is 79.4. The Morgan fingerprint density at radius 1 is 0.269 bits per heavy atom. The summed E-state index contributed by atoms with van der Waals surface area (Å²) in [5, 5.41) is 12.8. The third kappa shape index (κ3) is 21.3. The first-order chi connectivity index (χ1) is 52.7. The van der Waals surface area contributed by atoms with Crippen LogP contribution in [0.4, 0.5) is 22.7 Å². The predicted octanol–water partition coefficient (Wildman–Crippen LogP) is 17.9. The standard InChI is InChI=1S/2C30H38N4O3S4.4C6H5.2Sn/c2*35-27(19-33(29(38)39)23-7-3-1-4-8-23)31-21-11-15-25(16-12-21)37-26-17-13-22(14-18-26)32-28(36)20-34(30(40)41)24-9-5-2-6-10-24;4*1-2-4-6-5-3-1;;/h2*11-18,23-24H,1-10,19-20H2,(H,31,35)(H,32,36)(H,38,39)(H,40,41);4*1-5H;;/q;;;;;;2*+2/p-4.